The number of benzene rings is 2. The van der Waals surface area contributed by atoms with Crippen molar-refractivity contribution in [2.45, 2.75) is 19.1 Å². The molecular weight excluding hydrogens is 310 g/mol. The molecule has 120 valence electrons. The highest BCUT2D eigenvalue weighted by Crippen LogP contribution is 2.44. The van der Waals surface area contributed by atoms with Crippen molar-refractivity contribution in [3.63, 3.8) is 0 Å². The number of nitrogens with zero attached hydrogens (tertiary/aromatic N) is 1. The Labute approximate surface area is 136 Å². The van der Waals surface area contributed by atoms with Crippen molar-refractivity contribution in [2.24, 2.45) is 0 Å². The Hall–Kier alpha value is -3.15. The highest BCUT2D eigenvalue weighted by molar-refractivity contribution is 5.85. The first-order chi connectivity index (χ1) is 11.6. The Morgan fingerprint density at radius 2 is 1.79 bits per heavy atom. The van der Waals surface area contributed by atoms with Gasteiger partial charge in [-0.2, -0.15) is 0 Å². The SMILES string of the molecule is Cc1ccc(C2c3c(c4ccccc4oc3=O)OC2[N+](=O)[O-])cc1. The zero-order chi connectivity index (χ0) is 16.8. The molecule has 2 heterocycles. The zero-order valence-corrected chi connectivity index (χ0v) is 12.8. The summed E-state index contributed by atoms with van der Waals surface area (Å²) in [6, 6.07) is 14.1. The molecule has 0 bridgehead atoms. The second-order valence-electron chi connectivity index (χ2n) is 5.81. The lowest BCUT2D eigenvalue weighted by molar-refractivity contribution is -0.561. The van der Waals surface area contributed by atoms with Gasteiger partial charge in [0.25, 0.3) is 0 Å². The third-order valence-electron chi connectivity index (χ3n) is 4.28. The monoisotopic (exact) mass is 323 g/mol. The van der Waals surface area contributed by atoms with E-state index in [1.54, 1.807) is 36.4 Å². The first-order valence-electron chi connectivity index (χ1n) is 7.48. The number of hydrogen-bond acceptors (Lipinski definition) is 5. The third kappa shape index (κ3) is 2.07. The standard InChI is InChI=1S/C18H13NO5/c1-10-6-8-11(9-7-10)14-15-16(24-17(14)19(21)22)12-4-2-3-5-13(12)23-18(15)20/h2-9,14,17H,1H3. The first-order valence-corrected chi connectivity index (χ1v) is 7.48. The van der Waals surface area contributed by atoms with E-state index in [-0.39, 0.29) is 11.3 Å². The molecular formula is C18H13NO5. The van der Waals surface area contributed by atoms with Crippen molar-refractivity contribution in [3.8, 4) is 5.75 Å². The molecule has 6 heteroatoms. The lowest BCUT2D eigenvalue weighted by Gasteiger charge is -2.12. The Morgan fingerprint density at radius 3 is 2.50 bits per heavy atom. The molecule has 0 saturated carbocycles. The van der Waals surface area contributed by atoms with Gasteiger partial charge in [0.05, 0.1) is 15.9 Å². The van der Waals surface area contributed by atoms with Crippen LogP contribution < -0.4 is 10.4 Å². The summed E-state index contributed by atoms with van der Waals surface area (Å²) in [6.07, 6.45) is -1.35. The van der Waals surface area contributed by atoms with Crippen LogP contribution >= 0.6 is 0 Å². The lowest BCUT2D eigenvalue weighted by Crippen LogP contribution is -2.29. The number of ether oxygens (including phenoxy) is 1. The van der Waals surface area contributed by atoms with E-state index in [1.807, 2.05) is 19.1 Å². The van der Waals surface area contributed by atoms with Crippen LogP contribution in [0.25, 0.3) is 11.0 Å². The predicted octanol–water partition coefficient (Wildman–Crippen LogP) is 3.23. The van der Waals surface area contributed by atoms with E-state index in [0.29, 0.717) is 16.5 Å². The molecule has 2 aromatic carbocycles. The Balaban J connectivity index is 2.00. The van der Waals surface area contributed by atoms with Crippen molar-refractivity contribution in [3.05, 3.63) is 85.8 Å². The molecule has 0 spiro atoms. The van der Waals surface area contributed by atoms with Crippen LogP contribution in [0.3, 0.4) is 0 Å². The second kappa shape index (κ2) is 5.19. The number of hydrogen-bond donors (Lipinski definition) is 0. The van der Waals surface area contributed by atoms with E-state index < -0.39 is 22.7 Å². The highest BCUT2D eigenvalue weighted by atomic mass is 16.7. The predicted molar refractivity (Wildman–Crippen MR) is 86.9 cm³/mol. The summed E-state index contributed by atoms with van der Waals surface area (Å²) in [6.45, 7) is 1.93. The fourth-order valence-corrected chi connectivity index (χ4v) is 3.13. The quantitative estimate of drug-likeness (QED) is 0.411. The summed E-state index contributed by atoms with van der Waals surface area (Å²) in [5.41, 5.74) is 1.65. The minimum Gasteiger partial charge on any atom is -0.428 e. The molecule has 1 aliphatic rings. The van der Waals surface area contributed by atoms with Gasteiger partial charge in [-0.3, -0.25) is 10.1 Å². The summed E-state index contributed by atoms with van der Waals surface area (Å²) < 4.78 is 11.0. The minimum atomic E-state index is -1.35. The van der Waals surface area contributed by atoms with Crippen LogP contribution in [0.2, 0.25) is 0 Å². The fourth-order valence-electron chi connectivity index (χ4n) is 3.13. The first kappa shape index (κ1) is 14.4. The second-order valence-corrected chi connectivity index (χ2v) is 5.81. The van der Waals surface area contributed by atoms with Gasteiger partial charge >= 0.3 is 11.9 Å². The molecule has 2 atom stereocenters. The van der Waals surface area contributed by atoms with E-state index >= 15 is 0 Å². The van der Waals surface area contributed by atoms with E-state index in [0.717, 1.165) is 5.56 Å². The molecule has 24 heavy (non-hydrogen) atoms. The van der Waals surface area contributed by atoms with Crippen LogP contribution in [0.5, 0.6) is 5.75 Å². The maximum absolute atomic E-state index is 12.5. The number of aryl methyl sites for hydroxylation is 1. The maximum atomic E-state index is 12.5. The molecule has 2 unspecified atom stereocenters. The van der Waals surface area contributed by atoms with Crippen molar-refractivity contribution >= 4 is 11.0 Å². The Bertz CT molecular complexity index is 1010. The van der Waals surface area contributed by atoms with Crippen molar-refractivity contribution in [1.82, 2.24) is 0 Å². The van der Waals surface area contributed by atoms with Crippen LogP contribution in [0.15, 0.2) is 57.7 Å². The smallest absolute Gasteiger partial charge is 0.365 e. The summed E-state index contributed by atoms with van der Waals surface area (Å²) >= 11 is 0. The van der Waals surface area contributed by atoms with Gasteiger partial charge in [0.15, 0.2) is 0 Å². The molecule has 1 aromatic heterocycles. The van der Waals surface area contributed by atoms with Crippen LogP contribution in [-0.2, 0) is 0 Å². The van der Waals surface area contributed by atoms with E-state index in [2.05, 4.69) is 0 Å². The molecule has 0 aliphatic carbocycles. The van der Waals surface area contributed by atoms with Gasteiger partial charge in [0.2, 0.25) is 0 Å². The van der Waals surface area contributed by atoms with Crippen molar-refractivity contribution in [2.75, 3.05) is 0 Å². The van der Waals surface area contributed by atoms with Crippen LogP contribution in [-0.4, -0.2) is 11.2 Å². The summed E-state index contributed by atoms with van der Waals surface area (Å²) in [5, 5.41) is 12.1. The average molecular weight is 323 g/mol. The normalized spacial score (nSPS) is 19.0. The molecule has 0 radical (unpaired) electrons. The average Bonchev–Trinajstić information content (AvgIpc) is 2.97. The van der Waals surface area contributed by atoms with Crippen LogP contribution in [0, 0.1) is 17.0 Å². The molecule has 4 rings (SSSR count). The Morgan fingerprint density at radius 1 is 1.08 bits per heavy atom. The summed E-state index contributed by atoms with van der Waals surface area (Å²) in [5.74, 6) is -0.550. The van der Waals surface area contributed by atoms with Gasteiger partial charge in [-0.1, -0.05) is 42.0 Å². The molecule has 6 nitrogen and oxygen atoms in total. The third-order valence-corrected chi connectivity index (χ3v) is 4.28. The maximum Gasteiger partial charge on any atom is 0.365 e. The van der Waals surface area contributed by atoms with E-state index in [4.69, 9.17) is 9.15 Å². The zero-order valence-electron chi connectivity index (χ0n) is 12.8. The minimum absolute atomic E-state index is 0.208. The molecule has 3 aromatic rings. The summed E-state index contributed by atoms with van der Waals surface area (Å²) in [7, 11) is 0. The molecule has 0 N–H and O–H groups in total. The Kier molecular flexibility index (Phi) is 3.13. The lowest BCUT2D eigenvalue weighted by atomic mass is 9.91. The van der Waals surface area contributed by atoms with Gasteiger partial charge in [-0.25, -0.2) is 4.79 Å². The molecule has 1 aliphatic heterocycles. The summed E-state index contributed by atoms with van der Waals surface area (Å²) in [4.78, 5) is 23.5. The largest absolute Gasteiger partial charge is 0.428 e. The van der Waals surface area contributed by atoms with Crippen LogP contribution in [0.4, 0.5) is 0 Å². The fraction of sp³-hybridized carbons (Fsp3) is 0.167. The number of fused-ring (bicyclic) bond motifs is 3. The topological polar surface area (TPSA) is 82.6 Å². The van der Waals surface area contributed by atoms with Crippen molar-refractivity contribution in [1.29, 1.82) is 0 Å². The number of nitro groups is 1. The molecule has 0 fully saturated rings. The number of para-hydroxylation sites is 1. The van der Waals surface area contributed by atoms with Gasteiger partial charge < -0.3 is 9.15 Å². The van der Waals surface area contributed by atoms with E-state index in [9.17, 15) is 14.9 Å². The van der Waals surface area contributed by atoms with Gasteiger partial charge in [-0.15, -0.1) is 0 Å². The van der Waals surface area contributed by atoms with E-state index in [1.165, 1.54) is 0 Å². The van der Waals surface area contributed by atoms with Crippen LogP contribution in [0.1, 0.15) is 22.6 Å². The van der Waals surface area contributed by atoms with Crippen molar-refractivity contribution < 1.29 is 14.1 Å². The van der Waals surface area contributed by atoms with Gasteiger partial charge in [0, 0.05) is 0 Å². The highest BCUT2D eigenvalue weighted by Gasteiger charge is 2.47. The molecule has 0 saturated heterocycles. The number of rotatable bonds is 2. The molecule has 0 amide bonds. The van der Waals surface area contributed by atoms with Gasteiger partial charge in [0.1, 0.15) is 17.3 Å². The van der Waals surface area contributed by atoms with Gasteiger partial charge in [-0.05, 0) is 24.6 Å².